The highest BCUT2D eigenvalue weighted by Crippen LogP contribution is 2.37. The molecule has 4 heterocycles. The molecular formula is C25H22ClF5N6O2. The van der Waals surface area contributed by atoms with Crippen molar-refractivity contribution in [2.45, 2.75) is 44.8 Å². The molecule has 1 saturated heterocycles. The zero-order valence-electron chi connectivity index (χ0n) is 20.7. The van der Waals surface area contributed by atoms with E-state index in [-0.39, 0.29) is 41.2 Å². The second kappa shape index (κ2) is 9.47. The number of aryl methyl sites for hydroxylation is 1. The van der Waals surface area contributed by atoms with Crippen LogP contribution < -0.4 is 10.2 Å². The molecule has 14 heteroatoms. The minimum atomic E-state index is -4.74. The number of aromatic nitrogens is 4. The lowest BCUT2D eigenvalue weighted by Crippen LogP contribution is -2.40. The Morgan fingerprint density at radius 1 is 1.15 bits per heavy atom. The summed E-state index contributed by atoms with van der Waals surface area (Å²) in [5.74, 6) is -4.11. The third-order valence-electron chi connectivity index (χ3n) is 6.63. The number of nitrogens with zero attached hydrogens (tertiary/aromatic N) is 5. The molecule has 5 rings (SSSR count). The summed E-state index contributed by atoms with van der Waals surface area (Å²) in [6, 6.07) is 5.71. The molecule has 0 aliphatic carbocycles. The molecule has 8 nitrogen and oxygen atoms in total. The minimum absolute atomic E-state index is 0.00723. The lowest BCUT2D eigenvalue weighted by Gasteiger charge is -2.33. The Balaban J connectivity index is 1.69. The lowest BCUT2D eigenvalue weighted by molar-refractivity contribution is -0.140. The molecule has 0 spiro atoms. The summed E-state index contributed by atoms with van der Waals surface area (Å²) in [4.78, 5) is 25.7. The fraction of sp³-hybridized carbons (Fsp3) is 0.360. The van der Waals surface area contributed by atoms with Crippen molar-refractivity contribution in [3.05, 3.63) is 58.1 Å². The summed E-state index contributed by atoms with van der Waals surface area (Å²) >= 11 is 5.86. The number of rotatable bonds is 5. The number of hydrogen-bond acceptors (Lipinski definition) is 6. The average Bonchev–Trinajstić information content (AvgIpc) is 3.31. The lowest BCUT2D eigenvalue weighted by atomic mass is 10.0. The number of hydrogen-bond donors (Lipinski definition) is 2. The quantitative estimate of drug-likeness (QED) is 0.213. The van der Waals surface area contributed by atoms with E-state index >= 15 is 0 Å². The molecule has 0 amide bonds. The maximum atomic E-state index is 13.9. The molecule has 0 saturated carbocycles. The largest absolute Gasteiger partial charge is 0.476 e. The average molecular weight is 569 g/mol. The number of piperidine rings is 1. The van der Waals surface area contributed by atoms with Gasteiger partial charge >= 0.3 is 12.1 Å². The highest BCUT2D eigenvalue weighted by atomic mass is 35.5. The number of alkyl halides is 5. The fourth-order valence-corrected chi connectivity index (χ4v) is 4.88. The summed E-state index contributed by atoms with van der Waals surface area (Å²) in [6.45, 7) is 3.28. The number of halogens is 6. The number of carbonyl (C=O) groups is 1. The van der Waals surface area contributed by atoms with Gasteiger partial charge in [-0.2, -0.15) is 13.2 Å². The summed E-state index contributed by atoms with van der Waals surface area (Å²) in [5, 5.41) is 13.0. The van der Waals surface area contributed by atoms with E-state index in [0.717, 1.165) is 6.20 Å². The molecule has 0 unspecified atom stereocenters. The van der Waals surface area contributed by atoms with E-state index in [2.05, 4.69) is 20.3 Å². The van der Waals surface area contributed by atoms with Gasteiger partial charge in [-0.15, -0.1) is 0 Å². The van der Waals surface area contributed by atoms with Crippen molar-refractivity contribution >= 4 is 45.8 Å². The Bertz CT molecular complexity index is 1600. The molecule has 206 valence electrons. The Morgan fingerprint density at radius 2 is 1.85 bits per heavy atom. The standard InChI is InChI=1S/C25H22ClF5N6O2/c1-12-9-14(13(2)32-16-3-4-18(26)34-20(16)22(38)39)19-15(10-12)21-33-17(25(29,30)31)11-37(21)23(35-19)36-7-5-24(27,28)6-8-36/h3-4,9-11,13,32H,5-8H2,1-2H3,(H,38,39)/t13-/m1/s1. The van der Waals surface area contributed by atoms with Gasteiger partial charge in [-0.3, -0.25) is 4.40 Å². The van der Waals surface area contributed by atoms with Crippen molar-refractivity contribution in [2.75, 3.05) is 23.3 Å². The zero-order valence-corrected chi connectivity index (χ0v) is 21.4. The minimum Gasteiger partial charge on any atom is -0.476 e. The van der Waals surface area contributed by atoms with Gasteiger partial charge in [-0.1, -0.05) is 17.7 Å². The number of pyridine rings is 1. The van der Waals surface area contributed by atoms with Gasteiger partial charge in [0.2, 0.25) is 5.95 Å². The Morgan fingerprint density at radius 3 is 2.49 bits per heavy atom. The van der Waals surface area contributed by atoms with Gasteiger partial charge in [-0.05, 0) is 37.6 Å². The number of aromatic carboxylic acids is 1. The number of carboxylic acid groups (broad SMARTS) is 1. The van der Waals surface area contributed by atoms with Crippen LogP contribution in [0.5, 0.6) is 0 Å². The maximum Gasteiger partial charge on any atom is 0.434 e. The normalized spacial score (nSPS) is 16.6. The van der Waals surface area contributed by atoms with Gasteiger partial charge in [0.1, 0.15) is 10.8 Å². The second-order valence-corrected chi connectivity index (χ2v) is 9.91. The molecule has 1 aliphatic rings. The number of benzene rings is 1. The molecule has 4 aromatic rings. The Labute approximate surface area is 223 Å². The van der Waals surface area contributed by atoms with Crippen LogP contribution in [0.3, 0.4) is 0 Å². The fourth-order valence-electron chi connectivity index (χ4n) is 4.73. The number of imidazole rings is 1. The van der Waals surface area contributed by atoms with E-state index in [0.29, 0.717) is 22.0 Å². The van der Waals surface area contributed by atoms with Crippen LogP contribution in [-0.2, 0) is 6.18 Å². The van der Waals surface area contributed by atoms with Gasteiger partial charge in [0.15, 0.2) is 11.4 Å². The highest BCUT2D eigenvalue weighted by Gasteiger charge is 2.38. The summed E-state index contributed by atoms with van der Waals surface area (Å²) in [5.41, 5.74) is 0.263. The number of carboxylic acids is 1. The first-order valence-electron chi connectivity index (χ1n) is 11.9. The third-order valence-corrected chi connectivity index (χ3v) is 6.84. The molecule has 2 N–H and O–H groups in total. The molecule has 0 bridgehead atoms. The van der Waals surface area contributed by atoms with Crippen LogP contribution in [0.2, 0.25) is 5.15 Å². The van der Waals surface area contributed by atoms with E-state index in [1.165, 1.54) is 21.4 Å². The smallest absolute Gasteiger partial charge is 0.434 e. The van der Waals surface area contributed by atoms with Crippen molar-refractivity contribution in [3.8, 4) is 0 Å². The van der Waals surface area contributed by atoms with Crippen LogP contribution in [0.4, 0.5) is 33.6 Å². The van der Waals surface area contributed by atoms with Crippen LogP contribution in [0.15, 0.2) is 30.5 Å². The molecule has 1 aromatic carbocycles. The zero-order chi connectivity index (χ0) is 28.3. The monoisotopic (exact) mass is 568 g/mol. The molecule has 1 aliphatic heterocycles. The second-order valence-electron chi connectivity index (χ2n) is 9.52. The van der Waals surface area contributed by atoms with Crippen LogP contribution in [0.1, 0.15) is 53.1 Å². The number of anilines is 2. The van der Waals surface area contributed by atoms with Crippen molar-refractivity contribution in [1.29, 1.82) is 0 Å². The van der Waals surface area contributed by atoms with E-state index in [1.54, 1.807) is 26.0 Å². The van der Waals surface area contributed by atoms with Crippen LogP contribution in [-0.4, -0.2) is 49.4 Å². The van der Waals surface area contributed by atoms with E-state index in [9.17, 15) is 31.9 Å². The number of nitrogens with one attached hydrogen (secondary N) is 1. The number of fused-ring (bicyclic) bond motifs is 3. The van der Waals surface area contributed by atoms with Gasteiger partial charge in [0.25, 0.3) is 5.92 Å². The van der Waals surface area contributed by atoms with Crippen molar-refractivity contribution in [1.82, 2.24) is 19.4 Å². The topological polar surface area (TPSA) is 95.6 Å². The first-order chi connectivity index (χ1) is 18.2. The molecule has 3 aromatic heterocycles. The molecule has 39 heavy (non-hydrogen) atoms. The Kier molecular flexibility index (Phi) is 6.52. The molecular weight excluding hydrogens is 547 g/mol. The highest BCUT2D eigenvalue weighted by molar-refractivity contribution is 6.29. The van der Waals surface area contributed by atoms with E-state index in [4.69, 9.17) is 11.6 Å². The molecule has 0 radical (unpaired) electrons. The predicted molar refractivity (Wildman–Crippen MR) is 135 cm³/mol. The summed E-state index contributed by atoms with van der Waals surface area (Å²) in [7, 11) is 0. The van der Waals surface area contributed by atoms with Crippen molar-refractivity contribution < 1.29 is 31.9 Å². The van der Waals surface area contributed by atoms with Crippen molar-refractivity contribution in [2.24, 2.45) is 0 Å². The molecule has 1 fully saturated rings. The van der Waals surface area contributed by atoms with Gasteiger partial charge in [-0.25, -0.2) is 28.5 Å². The first kappa shape index (κ1) is 26.9. The summed E-state index contributed by atoms with van der Waals surface area (Å²) < 4.78 is 70.0. The van der Waals surface area contributed by atoms with Crippen molar-refractivity contribution in [3.63, 3.8) is 0 Å². The SMILES string of the molecule is Cc1cc([C@@H](C)Nc2ccc(Cl)nc2C(=O)O)c2nc(N3CCC(F)(F)CC3)n3cc(C(F)(F)F)nc3c2c1. The van der Waals surface area contributed by atoms with Gasteiger partial charge < -0.3 is 15.3 Å². The maximum absolute atomic E-state index is 13.9. The predicted octanol–water partition coefficient (Wildman–Crippen LogP) is 6.36. The van der Waals surface area contributed by atoms with Crippen LogP contribution >= 0.6 is 11.6 Å². The van der Waals surface area contributed by atoms with Crippen LogP contribution in [0, 0.1) is 6.92 Å². The first-order valence-corrected chi connectivity index (χ1v) is 12.3. The third kappa shape index (κ3) is 5.14. The van der Waals surface area contributed by atoms with E-state index < -0.39 is 42.6 Å². The van der Waals surface area contributed by atoms with Gasteiger partial charge in [0, 0.05) is 43.1 Å². The Hall–Kier alpha value is -3.74. The van der Waals surface area contributed by atoms with Gasteiger partial charge in [0.05, 0.1) is 17.2 Å². The molecule has 1 atom stereocenters. The summed E-state index contributed by atoms with van der Waals surface area (Å²) in [6.07, 6.45) is -4.84. The van der Waals surface area contributed by atoms with Crippen LogP contribution in [0.25, 0.3) is 16.6 Å². The van der Waals surface area contributed by atoms with E-state index in [1.807, 2.05) is 0 Å².